The van der Waals surface area contributed by atoms with Crippen LogP contribution in [0.2, 0.25) is 0 Å². The van der Waals surface area contributed by atoms with Crippen LogP contribution in [0.25, 0.3) is 0 Å². The average Bonchev–Trinajstić information content (AvgIpc) is 2.33. The van der Waals surface area contributed by atoms with E-state index in [0.717, 1.165) is 14.8 Å². The second-order valence-electron chi connectivity index (χ2n) is 4.68. The SMILES string of the molecule is Cc1cc(I)ccc1NC(=O)C1(N)CCOCC1. The molecule has 5 heteroatoms. The van der Waals surface area contributed by atoms with Gasteiger partial charge in [0.25, 0.3) is 0 Å². The second kappa shape index (κ2) is 5.54. The first-order valence-electron chi connectivity index (χ1n) is 5.95. The lowest BCUT2D eigenvalue weighted by Crippen LogP contribution is -2.54. The summed E-state index contributed by atoms with van der Waals surface area (Å²) in [5.74, 6) is -0.116. The molecule has 1 aromatic carbocycles. The molecule has 1 aliphatic rings. The first kappa shape index (κ1) is 13.8. The number of benzene rings is 1. The molecule has 2 rings (SSSR count). The Morgan fingerprint density at radius 1 is 1.44 bits per heavy atom. The van der Waals surface area contributed by atoms with Crippen LogP contribution in [-0.2, 0) is 9.53 Å². The van der Waals surface area contributed by atoms with Crippen LogP contribution < -0.4 is 11.1 Å². The fourth-order valence-electron chi connectivity index (χ4n) is 1.98. The average molecular weight is 360 g/mol. The summed E-state index contributed by atoms with van der Waals surface area (Å²) in [5.41, 5.74) is 7.22. The van der Waals surface area contributed by atoms with Crippen LogP contribution in [0, 0.1) is 10.5 Å². The molecule has 0 unspecified atom stereocenters. The number of hydrogen-bond donors (Lipinski definition) is 2. The van der Waals surface area contributed by atoms with E-state index in [1.165, 1.54) is 0 Å². The molecule has 1 amide bonds. The van der Waals surface area contributed by atoms with Gasteiger partial charge in [-0.05, 0) is 66.1 Å². The molecule has 0 atom stereocenters. The zero-order valence-electron chi connectivity index (χ0n) is 10.3. The number of carbonyl (C=O) groups excluding carboxylic acids is 1. The van der Waals surface area contributed by atoms with Crippen molar-refractivity contribution in [2.45, 2.75) is 25.3 Å². The minimum atomic E-state index is -0.798. The van der Waals surface area contributed by atoms with Crippen LogP contribution in [0.4, 0.5) is 5.69 Å². The standard InChI is InChI=1S/C13H17IN2O2/c1-9-8-10(14)2-3-11(9)16-12(17)13(15)4-6-18-7-5-13/h2-3,8H,4-7,15H2,1H3,(H,16,17). The number of rotatable bonds is 2. The Hall–Kier alpha value is -0.660. The summed E-state index contributed by atoms with van der Waals surface area (Å²) in [4.78, 5) is 12.2. The van der Waals surface area contributed by atoms with Gasteiger partial charge >= 0.3 is 0 Å². The number of ether oxygens (including phenoxy) is 1. The Morgan fingerprint density at radius 2 is 2.11 bits per heavy atom. The van der Waals surface area contributed by atoms with Crippen molar-refractivity contribution < 1.29 is 9.53 Å². The number of carbonyl (C=O) groups is 1. The lowest BCUT2D eigenvalue weighted by molar-refractivity contribution is -0.124. The number of halogens is 1. The van der Waals surface area contributed by atoms with Gasteiger partial charge < -0.3 is 15.8 Å². The maximum Gasteiger partial charge on any atom is 0.244 e. The van der Waals surface area contributed by atoms with Gasteiger partial charge in [0.15, 0.2) is 0 Å². The van der Waals surface area contributed by atoms with E-state index in [-0.39, 0.29) is 5.91 Å². The van der Waals surface area contributed by atoms with Crippen molar-refractivity contribution in [3.05, 3.63) is 27.3 Å². The molecular weight excluding hydrogens is 343 g/mol. The van der Waals surface area contributed by atoms with E-state index >= 15 is 0 Å². The number of nitrogens with one attached hydrogen (secondary N) is 1. The van der Waals surface area contributed by atoms with E-state index in [1.54, 1.807) is 0 Å². The summed E-state index contributed by atoms with van der Waals surface area (Å²) < 4.78 is 6.39. The molecule has 1 aliphatic heterocycles. The topological polar surface area (TPSA) is 64.4 Å². The molecule has 0 radical (unpaired) electrons. The largest absolute Gasteiger partial charge is 0.381 e. The summed E-state index contributed by atoms with van der Waals surface area (Å²) in [6.45, 7) is 3.08. The van der Waals surface area contributed by atoms with E-state index < -0.39 is 5.54 Å². The van der Waals surface area contributed by atoms with Crippen LogP contribution in [0.5, 0.6) is 0 Å². The third kappa shape index (κ3) is 3.02. The Labute approximate surface area is 120 Å². The second-order valence-corrected chi connectivity index (χ2v) is 5.93. The highest BCUT2D eigenvalue weighted by Gasteiger charge is 2.36. The Morgan fingerprint density at radius 3 is 2.72 bits per heavy atom. The van der Waals surface area contributed by atoms with E-state index in [1.807, 2.05) is 25.1 Å². The molecule has 1 aromatic rings. The minimum absolute atomic E-state index is 0.116. The molecule has 0 aliphatic carbocycles. The quantitative estimate of drug-likeness (QED) is 0.794. The Bertz CT molecular complexity index is 456. The molecule has 1 heterocycles. The van der Waals surface area contributed by atoms with E-state index in [4.69, 9.17) is 10.5 Å². The lowest BCUT2D eigenvalue weighted by atomic mass is 9.90. The van der Waals surface area contributed by atoms with Gasteiger partial charge in [-0.25, -0.2) is 0 Å². The molecular formula is C13H17IN2O2. The third-order valence-electron chi connectivity index (χ3n) is 3.27. The molecule has 0 saturated carbocycles. The molecule has 98 valence electrons. The van der Waals surface area contributed by atoms with Gasteiger partial charge in [0.1, 0.15) is 5.54 Å². The first-order valence-corrected chi connectivity index (χ1v) is 7.03. The smallest absolute Gasteiger partial charge is 0.244 e. The summed E-state index contributed by atoms with van der Waals surface area (Å²) in [5, 5.41) is 2.92. The number of nitrogens with two attached hydrogens (primary N) is 1. The van der Waals surface area contributed by atoms with Crippen LogP contribution in [0.15, 0.2) is 18.2 Å². The van der Waals surface area contributed by atoms with Crippen LogP contribution in [0.1, 0.15) is 18.4 Å². The number of anilines is 1. The Balaban J connectivity index is 2.11. The van der Waals surface area contributed by atoms with Gasteiger partial charge in [0, 0.05) is 22.5 Å². The predicted octanol–water partition coefficient (Wildman–Crippen LogP) is 2.05. The minimum Gasteiger partial charge on any atom is -0.381 e. The fourth-order valence-corrected chi connectivity index (χ4v) is 2.62. The van der Waals surface area contributed by atoms with Crippen LogP contribution in [-0.4, -0.2) is 24.7 Å². The van der Waals surface area contributed by atoms with E-state index in [9.17, 15) is 4.79 Å². The van der Waals surface area contributed by atoms with Gasteiger partial charge in [-0.3, -0.25) is 4.79 Å². The van der Waals surface area contributed by atoms with Gasteiger partial charge in [-0.15, -0.1) is 0 Å². The molecule has 1 saturated heterocycles. The van der Waals surface area contributed by atoms with E-state index in [2.05, 4.69) is 27.9 Å². The first-order chi connectivity index (χ1) is 8.51. The van der Waals surface area contributed by atoms with Crippen molar-refractivity contribution in [3.8, 4) is 0 Å². The molecule has 0 spiro atoms. The zero-order valence-corrected chi connectivity index (χ0v) is 12.5. The summed E-state index contributed by atoms with van der Waals surface area (Å²) in [6, 6.07) is 5.91. The number of hydrogen-bond acceptors (Lipinski definition) is 3. The third-order valence-corrected chi connectivity index (χ3v) is 3.94. The van der Waals surface area contributed by atoms with Crippen molar-refractivity contribution in [2.75, 3.05) is 18.5 Å². The maximum absolute atomic E-state index is 12.2. The summed E-state index contributed by atoms with van der Waals surface area (Å²) >= 11 is 2.25. The molecule has 3 N–H and O–H groups in total. The van der Waals surface area contributed by atoms with Crippen molar-refractivity contribution >= 4 is 34.2 Å². The molecule has 1 fully saturated rings. The Kier molecular flexibility index (Phi) is 4.24. The fraction of sp³-hybridized carbons (Fsp3) is 0.462. The summed E-state index contributed by atoms with van der Waals surface area (Å²) in [7, 11) is 0. The maximum atomic E-state index is 12.2. The van der Waals surface area contributed by atoms with Gasteiger partial charge in [-0.2, -0.15) is 0 Å². The van der Waals surface area contributed by atoms with Crippen molar-refractivity contribution in [3.63, 3.8) is 0 Å². The number of aryl methyl sites for hydroxylation is 1. The van der Waals surface area contributed by atoms with Gasteiger partial charge in [-0.1, -0.05) is 0 Å². The predicted molar refractivity (Wildman–Crippen MR) is 79.5 cm³/mol. The summed E-state index contributed by atoms with van der Waals surface area (Å²) in [6.07, 6.45) is 1.14. The lowest BCUT2D eigenvalue weighted by Gasteiger charge is -2.32. The molecule has 0 aromatic heterocycles. The van der Waals surface area contributed by atoms with Gasteiger partial charge in [0.05, 0.1) is 0 Å². The zero-order chi connectivity index (χ0) is 13.2. The molecule has 0 bridgehead atoms. The highest BCUT2D eigenvalue weighted by Crippen LogP contribution is 2.22. The highest BCUT2D eigenvalue weighted by atomic mass is 127. The monoisotopic (exact) mass is 360 g/mol. The highest BCUT2D eigenvalue weighted by molar-refractivity contribution is 14.1. The van der Waals surface area contributed by atoms with Crippen molar-refractivity contribution in [1.29, 1.82) is 0 Å². The van der Waals surface area contributed by atoms with Crippen molar-refractivity contribution in [2.24, 2.45) is 5.73 Å². The number of amides is 1. The van der Waals surface area contributed by atoms with Gasteiger partial charge in [0.2, 0.25) is 5.91 Å². The molecule has 18 heavy (non-hydrogen) atoms. The van der Waals surface area contributed by atoms with Crippen LogP contribution in [0.3, 0.4) is 0 Å². The van der Waals surface area contributed by atoms with Crippen LogP contribution >= 0.6 is 22.6 Å². The van der Waals surface area contributed by atoms with Crippen molar-refractivity contribution in [1.82, 2.24) is 0 Å². The van der Waals surface area contributed by atoms with E-state index in [0.29, 0.717) is 26.1 Å². The molecule has 4 nitrogen and oxygen atoms in total. The normalized spacial score (nSPS) is 18.4.